The van der Waals surface area contributed by atoms with Crippen molar-refractivity contribution in [1.82, 2.24) is 9.97 Å². The summed E-state index contributed by atoms with van der Waals surface area (Å²) in [7, 11) is -1.62. The molecule has 5 rings (SSSR count). The van der Waals surface area contributed by atoms with Gasteiger partial charge in [-0.1, -0.05) is 115 Å². The van der Waals surface area contributed by atoms with Crippen LogP contribution in [0.4, 0.5) is 0 Å². The van der Waals surface area contributed by atoms with Crippen molar-refractivity contribution in [2.75, 3.05) is 0 Å². The molecule has 0 saturated carbocycles. The maximum absolute atomic E-state index is 10.1. The van der Waals surface area contributed by atoms with Gasteiger partial charge in [-0.2, -0.15) is 0 Å². The van der Waals surface area contributed by atoms with Gasteiger partial charge in [0.25, 0.3) is 0 Å². The lowest BCUT2D eigenvalue weighted by Gasteiger charge is -2.17. The highest BCUT2D eigenvalue weighted by Gasteiger charge is 2.23. The Bertz CT molecular complexity index is 1380. The standard InChI is InChI=1S/C28H21BN2O2/c32-29(33)24-19-11-10-18-23(24)28-27(22-16-8-3-9-17-22)30-25(20-12-4-1-5-13-20)26(31-28)21-14-6-2-7-15-21/h1-19,32-33H. The third-order valence-electron chi connectivity index (χ3n) is 5.53. The van der Waals surface area contributed by atoms with Crippen LogP contribution >= 0.6 is 0 Å². The molecule has 4 aromatic carbocycles. The Kier molecular flexibility index (Phi) is 5.81. The van der Waals surface area contributed by atoms with E-state index in [1.165, 1.54) is 0 Å². The van der Waals surface area contributed by atoms with Crippen molar-refractivity contribution in [2.45, 2.75) is 0 Å². The molecule has 0 aliphatic rings. The molecule has 0 unspecified atom stereocenters. The topological polar surface area (TPSA) is 66.2 Å². The second-order valence-corrected chi connectivity index (χ2v) is 7.68. The predicted octanol–water partition coefficient (Wildman–Crippen LogP) is 4.82. The molecular formula is C28H21BN2O2. The summed E-state index contributed by atoms with van der Waals surface area (Å²) in [5.41, 5.74) is 6.61. The fourth-order valence-electron chi connectivity index (χ4n) is 3.95. The van der Waals surface area contributed by atoms with E-state index in [1.807, 2.05) is 103 Å². The number of benzene rings is 4. The van der Waals surface area contributed by atoms with Crippen LogP contribution in [-0.2, 0) is 0 Å². The summed E-state index contributed by atoms with van der Waals surface area (Å²) in [4.78, 5) is 10.3. The molecule has 0 aliphatic heterocycles. The number of nitrogens with zero attached hydrogens (tertiary/aromatic N) is 2. The summed E-state index contributed by atoms with van der Waals surface area (Å²) < 4.78 is 0. The van der Waals surface area contributed by atoms with E-state index in [-0.39, 0.29) is 0 Å². The van der Waals surface area contributed by atoms with Gasteiger partial charge >= 0.3 is 7.12 Å². The molecule has 5 aromatic rings. The first-order chi connectivity index (χ1) is 16.2. The highest BCUT2D eigenvalue weighted by atomic mass is 16.4. The van der Waals surface area contributed by atoms with Gasteiger partial charge in [0.1, 0.15) is 0 Å². The van der Waals surface area contributed by atoms with E-state index in [1.54, 1.807) is 12.1 Å². The average molecular weight is 428 g/mol. The summed E-state index contributed by atoms with van der Waals surface area (Å²) in [6, 6.07) is 37.0. The third-order valence-corrected chi connectivity index (χ3v) is 5.53. The monoisotopic (exact) mass is 428 g/mol. The summed E-state index contributed by atoms with van der Waals surface area (Å²) in [6.07, 6.45) is 0. The zero-order valence-corrected chi connectivity index (χ0v) is 17.8. The Morgan fingerprint density at radius 3 is 1.24 bits per heavy atom. The number of rotatable bonds is 5. The molecule has 0 saturated heterocycles. The van der Waals surface area contributed by atoms with Gasteiger partial charge in [0, 0.05) is 22.3 Å². The molecular weight excluding hydrogens is 407 g/mol. The SMILES string of the molecule is OB(O)c1ccccc1-c1nc(-c2ccccc2)c(-c2ccccc2)nc1-c1ccccc1. The minimum atomic E-state index is -1.62. The zero-order valence-electron chi connectivity index (χ0n) is 17.8. The van der Waals surface area contributed by atoms with Crippen LogP contribution in [0.5, 0.6) is 0 Å². The van der Waals surface area contributed by atoms with Gasteiger partial charge in [-0.15, -0.1) is 0 Å². The van der Waals surface area contributed by atoms with Gasteiger partial charge in [0.2, 0.25) is 0 Å². The van der Waals surface area contributed by atoms with E-state index in [9.17, 15) is 10.0 Å². The molecule has 0 radical (unpaired) electrons. The molecule has 1 heterocycles. The number of aromatic nitrogens is 2. The van der Waals surface area contributed by atoms with Crippen LogP contribution in [-0.4, -0.2) is 27.1 Å². The van der Waals surface area contributed by atoms with Crippen LogP contribution in [0.2, 0.25) is 0 Å². The molecule has 4 nitrogen and oxygen atoms in total. The number of hydrogen-bond acceptors (Lipinski definition) is 4. The van der Waals surface area contributed by atoms with Gasteiger partial charge in [-0.25, -0.2) is 9.97 Å². The van der Waals surface area contributed by atoms with Gasteiger partial charge in [0.05, 0.1) is 22.8 Å². The lowest BCUT2D eigenvalue weighted by molar-refractivity contribution is 0.426. The quantitative estimate of drug-likeness (QED) is 0.394. The largest absolute Gasteiger partial charge is 0.489 e. The van der Waals surface area contributed by atoms with Gasteiger partial charge in [-0.05, 0) is 5.46 Å². The highest BCUT2D eigenvalue weighted by Crippen LogP contribution is 2.36. The Morgan fingerprint density at radius 1 is 0.424 bits per heavy atom. The van der Waals surface area contributed by atoms with Crippen LogP contribution in [0.3, 0.4) is 0 Å². The lowest BCUT2D eigenvalue weighted by Crippen LogP contribution is -2.31. The second kappa shape index (κ2) is 9.21. The van der Waals surface area contributed by atoms with Gasteiger partial charge < -0.3 is 10.0 Å². The van der Waals surface area contributed by atoms with Crippen molar-refractivity contribution in [1.29, 1.82) is 0 Å². The molecule has 1 aromatic heterocycles. The van der Waals surface area contributed by atoms with Crippen LogP contribution in [0.15, 0.2) is 115 Å². The van der Waals surface area contributed by atoms with E-state index in [4.69, 9.17) is 9.97 Å². The molecule has 158 valence electrons. The van der Waals surface area contributed by atoms with E-state index in [0.29, 0.717) is 22.4 Å². The van der Waals surface area contributed by atoms with Crippen molar-refractivity contribution < 1.29 is 10.0 Å². The summed E-state index contributed by atoms with van der Waals surface area (Å²) in [6.45, 7) is 0. The maximum atomic E-state index is 10.1. The van der Waals surface area contributed by atoms with E-state index in [2.05, 4.69) is 0 Å². The van der Waals surface area contributed by atoms with Crippen molar-refractivity contribution in [3.63, 3.8) is 0 Å². The minimum Gasteiger partial charge on any atom is -0.423 e. The van der Waals surface area contributed by atoms with E-state index >= 15 is 0 Å². The summed E-state index contributed by atoms with van der Waals surface area (Å²) in [5, 5.41) is 20.1. The lowest BCUT2D eigenvalue weighted by atomic mass is 9.76. The summed E-state index contributed by atoms with van der Waals surface area (Å²) >= 11 is 0. The molecule has 0 amide bonds. The van der Waals surface area contributed by atoms with Crippen molar-refractivity contribution >= 4 is 12.6 Å². The Hall–Kier alpha value is -4.06. The normalized spacial score (nSPS) is 10.7. The highest BCUT2D eigenvalue weighted by molar-refractivity contribution is 6.60. The van der Waals surface area contributed by atoms with Gasteiger partial charge in [-0.3, -0.25) is 0 Å². The Balaban J connectivity index is 1.88. The molecule has 0 spiro atoms. The molecule has 0 bridgehead atoms. The average Bonchev–Trinajstić information content (AvgIpc) is 2.89. The second-order valence-electron chi connectivity index (χ2n) is 7.68. The van der Waals surface area contributed by atoms with Crippen molar-refractivity contribution in [3.05, 3.63) is 115 Å². The van der Waals surface area contributed by atoms with E-state index in [0.717, 1.165) is 28.1 Å². The predicted molar refractivity (Wildman–Crippen MR) is 134 cm³/mol. The molecule has 0 fully saturated rings. The molecule has 0 atom stereocenters. The smallest absolute Gasteiger partial charge is 0.423 e. The summed E-state index contributed by atoms with van der Waals surface area (Å²) in [5.74, 6) is 0. The number of hydrogen-bond donors (Lipinski definition) is 2. The van der Waals surface area contributed by atoms with Crippen LogP contribution in [0.25, 0.3) is 45.0 Å². The first kappa shape index (κ1) is 20.8. The first-order valence-electron chi connectivity index (χ1n) is 10.8. The fourth-order valence-corrected chi connectivity index (χ4v) is 3.95. The molecule has 33 heavy (non-hydrogen) atoms. The van der Waals surface area contributed by atoms with E-state index < -0.39 is 7.12 Å². The van der Waals surface area contributed by atoms with Crippen molar-refractivity contribution in [2.24, 2.45) is 0 Å². The Labute approximate surface area is 193 Å². The fraction of sp³-hybridized carbons (Fsp3) is 0. The van der Waals surface area contributed by atoms with Crippen molar-refractivity contribution in [3.8, 4) is 45.0 Å². The Morgan fingerprint density at radius 2 is 0.788 bits per heavy atom. The molecule has 5 heteroatoms. The third kappa shape index (κ3) is 4.20. The van der Waals surface area contributed by atoms with Crippen LogP contribution in [0, 0.1) is 0 Å². The first-order valence-corrected chi connectivity index (χ1v) is 10.8. The molecule has 0 aliphatic carbocycles. The van der Waals surface area contributed by atoms with Gasteiger partial charge in [0.15, 0.2) is 0 Å². The zero-order chi connectivity index (χ0) is 22.6. The van der Waals surface area contributed by atoms with Crippen LogP contribution < -0.4 is 5.46 Å². The molecule has 2 N–H and O–H groups in total. The minimum absolute atomic E-state index is 0.385. The van der Waals surface area contributed by atoms with Crippen LogP contribution in [0.1, 0.15) is 0 Å². The maximum Gasteiger partial charge on any atom is 0.489 e.